The second-order valence-electron chi connectivity index (χ2n) is 6.31. The van der Waals surface area contributed by atoms with Gasteiger partial charge in [0.15, 0.2) is 11.9 Å². The number of aryl methyl sites for hydroxylation is 2. The summed E-state index contributed by atoms with van der Waals surface area (Å²) in [6, 6.07) is 7.43. The molecule has 142 valence electrons. The fourth-order valence-electron chi connectivity index (χ4n) is 2.74. The summed E-state index contributed by atoms with van der Waals surface area (Å²) in [6.07, 6.45) is -0.963. The SMILES string of the molecule is Cc1cc(NC(=O)[C@H](C)OC(=O)c2cc(C)n(Cc3cccs3)c2C)no1. The Bertz CT molecular complexity index is 956. The Morgan fingerprint density at radius 1 is 1.33 bits per heavy atom. The van der Waals surface area contributed by atoms with Crippen molar-refractivity contribution in [1.82, 2.24) is 9.72 Å². The summed E-state index contributed by atoms with van der Waals surface area (Å²) in [6.45, 7) is 7.76. The molecule has 7 nitrogen and oxygen atoms in total. The molecule has 3 heterocycles. The van der Waals surface area contributed by atoms with Gasteiger partial charge >= 0.3 is 5.97 Å². The lowest BCUT2D eigenvalue weighted by Gasteiger charge is -2.12. The van der Waals surface area contributed by atoms with E-state index < -0.39 is 18.0 Å². The molecule has 1 atom stereocenters. The van der Waals surface area contributed by atoms with Gasteiger partial charge in [-0.1, -0.05) is 11.2 Å². The van der Waals surface area contributed by atoms with Crippen molar-refractivity contribution in [2.45, 2.75) is 40.3 Å². The minimum atomic E-state index is -0.963. The molecule has 0 saturated carbocycles. The van der Waals surface area contributed by atoms with Crippen molar-refractivity contribution < 1.29 is 18.8 Å². The number of thiophene rings is 1. The number of carbonyl (C=O) groups excluding carboxylic acids is 2. The van der Waals surface area contributed by atoms with Crippen LogP contribution >= 0.6 is 11.3 Å². The van der Waals surface area contributed by atoms with Crippen LogP contribution in [0, 0.1) is 20.8 Å². The number of nitrogens with zero attached hydrogens (tertiary/aromatic N) is 2. The zero-order chi connectivity index (χ0) is 19.6. The second-order valence-corrected chi connectivity index (χ2v) is 7.34. The van der Waals surface area contributed by atoms with Crippen molar-refractivity contribution in [2.75, 3.05) is 5.32 Å². The Labute approximate surface area is 160 Å². The summed E-state index contributed by atoms with van der Waals surface area (Å²) in [5, 5.41) is 8.27. The molecule has 0 bridgehead atoms. The highest BCUT2D eigenvalue weighted by molar-refractivity contribution is 7.09. The maximum atomic E-state index is 12.6. The molecular weight excluding hydrogens is 366 g/mol. The molecule has 27 heavy (non-hydrogen) atoms. The predicted molar refractivity (Wildman–Crippen MR) is 102 cm³/mol. The number of rotatable bonds is 6. The van der Waals surface area contributed by atoms with Gasteiger partial charge in [-0.15, -0.1) is 11.3 Å². The summed E-state index contributed by atoms with van der Waals surface area (Å²) in [5.41, 5.74) is 2.23. The van der Waals surface area contributed by atoms with Crippen LogP contribution < -0.4 is 5.32 Å². The van der Waals surface area contributed by atoms with E-state index in [0.29, 0.717) is 17.9 Å². The number of hydrogen-bond donors (Lipinski definition) is 1. The van der Waals surface area contributed by atoms with Gasteiger partial charge < -0.3 is 19.1 Å². The van der Waals surface area contributed by atoms with Crippen LogP contribution in [0.5, 0.6) is 0 Å². The van der Waals surface area contributed by atoms with Crippen molar-refractivity contribution in [3.63, 3.8) is 0 Å². The zero-order valence-corrected chi connectivity index (χ0v) is 16.4. The van der Waals surface area contributed by atoms with Crippen LogP contribution in [-0.4, -0.2) is 27.7 Å². The Morgan fingerprint density at radius 2 is 2.11 bits per heavy atom. The van der Waals surface area contributed by atoms with Gasteiger partial charge in [-0.25, -0.2) is 4.79 Å². The quantitative estimate of drug-likeness (QED) is 0.652. The molecule has 0 aliphatic rings. The maximum Gasteiger partial charge on any atom is 0.340 e. The fourth-order valence-corrected chi connectivity index (χ4v) is 3.43. The van der Waals surface area contributed by atoms with E-state index in [0.717, 1.165) is 11.4 Å². The minimum Gasteiger partial charge on any atom is -0.449 e. The lowest BCUT2D eigenvalue weighted by molar-refractivity contribution is -0.123. The Hall–Kier alpha value is -2.87. The first-order valence-corrected chi connectivity index (χ1v) is 9.37. The first-order chi connectivity index (χ1) is 12.8. The zero-order valence-electron chi connectivity index (χ0n) is 15.6. The molecule has 3 rings (SSSR count). The third kappa shape index (κ3) is 4.28. The summed E-state index contributed by atoms with van der Waals surface area (Å²) in [7, 11) is 0. The van der Waals surface area contributed by atoms with E-state index in [2.05, 4.69) is 21.1 Å². The number of ether oxygens (including phenoxy) is 1. The third-order valence-electron chi connectivity index (χ3n) is 4.22. The van der Waals surface area contributed by atoms with Gasteiger partial charge in [0.05, 0.1) is 12.1 Å². The molecule has 1 amide bonds. The number of esters is 1. The van der Waals surface area contributed by atoms with Gasteiger partial charge in [0, 0.05) is 22.3 Å². The first-order valence-electron chi connectivity index (χ1n) is 8.49. The van der Waals surface area contributed by atoms with Crippen molar-refractivity contribution in [1.29, 1.82) is 0 Å². The predicted octanol–water partition coefficient (Wildman–Crippen LogP) is 3.70. The summed E-state index contributed by atoms with van der Waals surface area (Å²) in [5.74, 6) is -0.133. The van der Waals surface area contributed by atoms with Gasteiger partial charge in [-0.05, 0) is 45.2 Å². The van der Waals surface area contributed by atoms with Gasteiger partial charge in [-0.3, -0.25) is 4.79 Å². The van der Waals surface area contributed by atoms with Crippen molar-refractivity contribution in [3.8, 4) is 0 Å². The molecule has 8 heteroatoms. The van der Waals surface area contributed by atoms with Gasteiger partial charge in [-0.2, -0.15) is 0 Å². The molecule has 0 aliphatic carbocycles. The van der Waals surface area contributed by atoms with Crippen molar-refractivity contribution >= 4 is 29.0 Å². The lowest BCUT2D eigenvalue weighted by atomic mass is 10.2. The van der Waals surface area contributed by atoms with E-state index in [-0.39, 0.29) is 5.82 Å². The average molecular weight is 387 g/mol. The molecule has 0 aliphatic heterocycles. The third-order valence-corrected chi connectivity index (χ3v) is 5.08. The normalized spacial score (nSPS) is 12.0. The van der Waals surface area contributed by atoms with Crippen LogP contribution in [-0.2, 0) is 16.1 Å². The molecule has 1 N–H and O–H groups in total. The van der Waals surface area contributed by atoms with E-state index >= 15 is 0 Å². The van der Waals surface area contributed by atoms with Crippen LogP contribution in [0.1, 0.15) is 39.3 Å². The maximum absolute atomic E-state index is 12.6. The largest absolute Gasteiger partial charge is 0.449 e. The standard InChI is InChI=1S/C19H21N3O4S/c1-11-8-16(13(3)22(11)10-15-6-5-7-27-15)19(24)25-14(4)18(23)20-17-9-12(2)26-21-17/h5-9,14H,10H2,1-4H3,(H,20,21,23)/t14-/m0/s1. The highest BCUT2D eigenvalue weighted by atomic mass is 32.1. The number of nitrogens with one attached hydrogen (secondary N) is 1. The van der Waals surface area contributed by atoms with Crippen molar-refractivity contribution in [2.24, 2.45) is 0 Å². The number of carbonyl (C=O) groups is 2. The first kappa shape index (κ1) is 18.9. The number of amides is 1. The Balaban J connectivity index is 1.67. The molecule has 0 saturated heterocycles. The topological polar surface area (TPSA) is 86.4 Å². The van der Waals surface area contributed by atoms with Crippen LogP contribution in [0.3, 0.4) is 0 Å². The van der Waals surface area contributed by atoms with E-state index in [4.69, 9.17) is 9.26 Å². The van der Waals surface area contributed by atoms with Crippen molar-refractivity contribution in [3.05, 3.63) is 57.2 Å². The average Bonchev–Trinajstić information content (AvgIpc) is 3.33. The van der Waals surface area contributed by atoms with Gasteiger partial charge in [0.2, 0.25) is 0 Å². The van der Waals surface area contributed by atoms with Gasteiger partial charge in [0.1, 0.15) is 5.76 Å². The van der Waals surface area contributed by atoms with E-state index in [1.165, 1.54) is 11.8 Å². The molecule has 0 unspecified atom stereocenters. The molecule has 3 aromatic rings. The molecule has 0 spiro atoms. The van der Waals surface area contributed by atoms with E-state index in [9.17, 15) is 9.59 Å². The Morgan fingerprint density at radius 3 is 2.74 bits per heavy atom. The van der Waals surface area contributed by atoms with Crippen LogP contribution in [0.15, 0.2) is 34.2 Å². The van der Waals surface area contributed by atoms with E-state index in [1.807, 2.05) is 25.3 Å². The number of hydrogen-bond acceptors (Lipinski definition) is 6. The Kier molecular flexibility index (Phi) is 5.46. The molecule has 3 aromatic heterocycles. The smallest absolute Gasteiger partial charge is 0.340 e. The number of aromatic nitrogens is 2. The highest BCUT2D eigenvalue weighted by Crippen LogP contribution is 2.20. The number of anilines is 1. The van der Waals surface area contributed by atoms with Crippen LogP contribution in [0.4, 0.5) is 5.82 Å². The van der Waals surface area contributed by atoms with Crippen LogP contribution in [0.25, 0.3) is 0 Å². The fraction of sp³-hybridized carbons (Fsp3) is 0.316. The molecule has 0 radical (unpaired) electrons. The van der Waals surface area contributed by atoms with E-state index in [1.54, 1.807) is 30.4 Å². The minimum absolute atomic E-state index is 0.287. The molecule has 0 fully saturated rings. The molecule has 0 aromatic carbocycles. The molecular formula is C19H21N3O4S. The van der Waals surface area contributed by atoms with Gasteiger partial charge in [0.25, 0.3) is 5.91 Å². The second kappa shape index (κ2) is 7.79. The highest BCUT2D eigenvalue weighted by Gasteiger charge is 2.23. The van der Waals surface area contributed by atoms with Crippen LogP contribution in [0.2, 0.25) is 0 Å². The summed E-state index contributed by atoms with van der Waals surface area (Å²) >= 11 is 1.67. The summed E-state index contributed by atoms with van der Waals surface area (Å²) < 4.78 is 12.3. The summed E-state index contributed by atoms with van der Waals surface area (Å²) in [4.78, 5) is 25.9. The lowest BCUT2D eigenvalue weighted by Crippen LogP contribution is -2.30. The monoisotopic (exact) mass is 387 g/mol.